The minimum absolute atomic E-state index is 0.0228. The number of benzene rings is 1. The molecule has 1 aromatic carbocycles. The van der Waals surface area contributed by atoms with Gasteiger partial charge < -0.3 is 4.90 Å². The Morgan fingerprint density at radius 2 is 1.82 bits per heavy atom. The molecule has 2 aliphatic rings. The lowest BCUT2D eigenvalue weighted by Gasteiger charge is -2.36. The number of halogens is 4. The predicted octanol–water partition coefficient (Wildman–Crippen LogP) is 6.69. The standard InChI is InChI=1S/C30H33ClF3N5O/c1-29(2,3)37(4)15-5-6-26(40)38-17-25-27(20-11-13-35-14-12-20)28(36-39(25)18-24(38)19-7-8-19)21-9-10-23(31)22(16-21)30(32,33)34/h5-6,9-14,16,19,24H,7-8,15,17-18H2,1-4H3/b6-5+/t24-/m1/s1. The number of hydrogen-bond acceptors (Lipinski definition) is 4. The van der Waals surface area contributed by atoms with E-state index in [-0.39, 0.29) is 22.5 Å². The molecule has 3 heterocycles. The van der Waals surface area contributed by atoms with E-state index in [1.54, 1.807) is 24.5 Å². The van der Waals surface area contributed by atoms with Gasteiger partial charge >= 0.3 is 6.18 Å². The van der Waals surface area contributed by atoms with Crippen LogP contribution >= 0.6 is 11.6 Å². The third-order valence-corrected chi connectivity index (χ3v) is 8.22. The van der Waals surface area contributed by atoms with E-state index >= 15 is 0 Å². The minimum atomic E-state index is -4.60. The number of rotatable bonds is 6. The van der Waals surface area contributed by atoms with Crippen molar-refractivity contribution in [3.05, 3.63) is 71.2 Å². The summed E-state index contributed by atoms with van der Waals surface area (Å²) >= 11 is 5.92. The molecule has 6 nitrogen and oxygen atoms in total. The van der Waals surface area contributed by atoms with Crippen molar-refractivity contribution in [2.24, 2.45) is 5.92 Å². The molecule has 1 amide bonds. The molecule has 3 aromatic rings. The minimum Gasteiger partial charge on any atom is -0.328 e. The van der Waals surface area contributed by atoms with E-state index in [4.69, 9.17) is 16.7 Å². The molecule has 40 heavy (non-hydrogen) atoms. The number of pyridine rings is 1. The number of likely N-dealkylation sites (N-methyl/N-ethyl adjacent to an activating group) is 1. The van der Waals surface area contributed by atoms with Crippen molar-refractivity contribution in [2.45, 2.75) is 64.5 Å². The van der Waals surface area contributed by atoms with E-state index in [9.17, 15) is 18.0 Å². The van der Waals surface area contributed by atoms with Gasteiger partial charge in [-0.25, -0.2) is 0 Å². The molecule has 1 aliphatic heterocycles. The van der Waals surface area contributed by atoms with E-state index in [0.29, 0.717) is 42.4 Å². The summed E-state index contributed by atoms with van der Waals surface area (Å²) in [5, 5.41) is 4.48. The second-order valence-electron chi connectivity index (χ2n) is 11.6. The molecule has 1 saturated carbocycles. The highest BCUT2D eigenvalue weighted by molar-refractivity contribution is 6.31. The van der Waals surface area contributed by atoms with Crippen molar-refractivity contribution >= 4 is 17.5 Å². The second-order valence-corrected chi connectivity index (χ2v) is 12.0. The second kappa shape index (κ2) is 10.7. The number of carbonyl (C=O) groups is 1. The lowest BCUT2D eigenvalue weighted by Crippen LogP contribution is -2.47. The lowest BCUT2D eigenvalue weighted by molar-refractivity contribution is -0.137. The maximum Gasteiger partial charge on any atom is 0.417 e. The van der Waals surface area contributed by atoms with E-state index in [2.05, 4.69) is 30.7 Å². The number of carbonyl (C=O) groups excluding carboxylic acids is 1. The summed E-state index contributed by atoms with van der Waals surface area (Å²) in [6, 6.07) is 7.46. The monoisotopic (exact) mass is 571 g/mol. The Balaban J connectivity index is 1.56. The Morgan fingerprint density at radius 3 is 2.45 bits per heavy atom. The van der Waals surface area contributed by atoms with Crippen molar-refractivity contribution < 1.29 is 18.0 Å². The fraction of sp³-hybridized carbons (Fsp3) is 0.433. The predicted molar refractivity (Wildman–Crippen MR) is 149 cm³/mol. The Morgan fingerprint density at radius 1 is 1.12 bits per heavy atom. The van der Waals surface area contributed by atoms with E-state index in [1.165, 1.54) is 6.07 Å². The normalized spacial score (nSPS) is 18.0. The first-order valence-corrected chi connectivity index (χ1v) is 13.8. The smallest absolute Gasteiger partial charge is 0.328 e. The Labute approximate surface area is 237 Å². The Hall–Kier alpha value is -3.17. The van der Waals surface area contributed by atoms with Crippen molar-refractivity contribution in [3.8, 4) is 22.4 Å². The van der Waals surface area contributed by atoms with Crippen molar-refractivity contribution in [1.82, 2.24) is 24.6 Å². The zero-order valence-electron chi connectivity index (χ0n) is 23.0. The molecule has 0 radical (unpaired) electrons. The van der Waals surface area contributed by atoms with Gasteiger partial charge in [-0.3, -0.25) is 19.4 Å². The topological polar surface area (TPSA) is 54.3 Å². The van der Waals surface area contributed by atoms with Crippen molar-refractivity contribution in [2.75, 3.05) is 13.6 Å². The molecule has 1 fully saturated rings. The van der Waals surface area contributed by atoms with Gasteiger partial charge in [0.2, 0.25) is 5.91 Å². The number of hydrogen-bond donors (Lipinski definition) is 0. The van der Waals surface area contributed by atoms with Crippen LogP contribution in [-0.2, 0) is 24.1 Å². The maximum atomic E-state index is 13.7. The molecule has 0 N–H and O–H groups in total. The van der Waals surface area contributed by atoms with Gasteiger partial charge in [-0.15, -0.1) is 0 Å². The quantitative estimate of drug-likeness (QED) is 0.309. The van der Waals surface area contributed by atoms with Crippen LogP contribution in [0.25, 0.3) is 22.4 Å². The van der Waals surface area contributed by atoms with E-state index in [0.717, 1.165) is 30.2 Å². The third-order valence-electron chi connectivity index (χ3n) is 7.89. The van der Waals surface area contributed by atoms with Crippen LogP contribution in [0.3, 0.4) is 0 Å². The molecule has 1 atom stereocenters. The molecule has 10 heteroatoms. The Bertz CT molecular complexity index is 1420. The summed E-state index contributed by atoms with van der Waals surface area (Å²) in [4.78, 5) is 21.7. The van der Waals surface area contributed by atoms with Gasteiger partial charge in [0.1, 0.15) is 5.69 Å². The third kappa shape index (κ3) is 5.81. The van der Waals surface area contributed by atoms with E-state index < -0.39 is 11.7 Å². The summed E-state index contributed by atoms with van der Waals surface area (Å²) in [6.45, 7) is 7.79. The lowest BCUT2D eigenvalue weighted by atomic mass is 9.96. The molecule has 0 saturated heterocycles. The fourth-order valence-corrected chi connectivity index (χ4v) is 5.31. The highest BCUT2D eigenvalue weighted by atomic mass is 35.5. The van der Waals surface area contributed by atoms with Crippen molar-refractivity contribution in [1.29, 1.82) is 0 Å². The fourth-order valence-electron chi connectivity index (χ4n) is 5.08. The summed E-state index contributed by atoms with van der Waals surface area (Å²) in [7, 11) is 2.02. The average Bonchev–Trinajstić information content (AvgIpc) is 3.67. The highest BCUT2D eigenvalue weighted by Gasteiger charge is 2.42. The zero-order chi connectivity index (χ0) is 28.8. The number of aromatic nitrogens is 3. The first-order valence-electron chi connectivity index (χ1n) is 13.4. The van der Waals surface area contributed by atoms with Gasteiger partial charge in [0.05, 0.1) is 35.4 Å². The van der Waals surface area contributed by atoms with Crippen LogP contribution in [0.1, 0.15) is 44.9 Å². The summed E-state index contributed by atoms with van der Waals surface area (Å²) in [5.74, 6) is 0.312. The summed E-state index contributed by atoms with van der Waals surface area (Å²) in [5.41, 5.74) is 2.07. The first kappa shape index (κ1) is 28.4. The van der Waals surface area contributed by atoms with Crippen LogP contribution in [0.2, 0.25) is 5.02 Å². The highest BCUT2D eigenvalue weighted by Crippen LogP contribution is 2.44. The summed E-state index contributed by atoms with van der Waals surface area (Å²) < 4.78 is 43.1. The largest absolute Gasteiger partial charge is 0.417 e. The molecule has 2 aromatic heterocycles. The van der Waals surface area contributed by atoms with E-state index in [1.807, 2.05) is 34.8 Å². The number of amides is 1. The van der Waals surface area contributed by atoms with Crippen LogP contribution in [-0.4, -0.2) is 55.6 Å². The number of alkyl halides is 3. The van der Waals surface area contributed by atoms with Crippen molar-refractivity contribution in [3.63, 3.8) is 0 Å². The zero-order valence-corrected chi connectivity index (χ0v) is 23.8. The SMILES string of the molecule is CN(C/C=C/C(=O)N1Cc2c(-c3ccncc3)c(-c3ccc(Cl)c(C(F)(F)F)c3)nn2C[C@@H]1C1CC1)C(C)(C)C. The van der Waals surface area contributed by atoms with Crippen LogP contribution < -0.4 is 0 Å². The van der Waals surface area contributed by atoms with Gasteiger partial charge in [0, 0.05) is 41.7 Å². The van der Waals surface area contributed by atoms with Gasteiger partial charge in [-0.1, -0.05) is 23.7 Å². The van der Waals surface area contributed by atoms with Crippen LogP contribution in [0.5, 0.6) is 0 Å². The molecule has 212 valence electrons. The number of fused-ring (bicyclic) bond motifs is 1. The van der Waals surface area contributed by atoms with Crippen LogP contribution in [0, 0.1) is 5.92 Å². The van der Waals surface area contributed by atoms with Gasteiger partial charge in [-0.05, 0) is 76.4 Å². The molecule has 0 unspecified atom stereocenters. The molecule has 0 bridgehead atoms. The average molecular weight is 572 g/mol. The molecular formula is C30H33ClF3N5O. The van der Waals surface area contributed by atoms with Gasteiger partial charge in [0.25, 0.3) is 0 Å². The molecular weight excluding hydrogens is 539 g/mol. The van der Waals surface area contributed by atoms with Gasteiger partial charge in [-0.2, -0.15) is 18.3 Å². The first-order chi connectivity index (χ1) is 18.8. The van der Waals surface area contributed by atoms with Crippen LogP contribution in [0.15, 0.2) is 54.9 Å². The van der Waals surface area contributed by atoms with Crippen LogP contribution in [0.4, 0.5) is 13.2 Å². The van der Waals surface area contributed by atoms with Gasteiger partial charge in [0.15, 0.2) is 0 Å². The number of nitrogens with zero attached hydrogens (tertiary/aromatic N) is 5. The summed E-state index contributed by atoms with van der Waals surface area (Å²) in [6.07, 6.45) is 4.29. The maximum absolute atomic E-state index is 13.7. The molecule has 1 aliphatic carbocycles. The molecule has 5 rings (SSSR count). The Kier molecular flexibility index (Phi) is 7.56. The molecule has 0 spiro atoms.